The number of ether oxygens (including phenoxy) is 1. The molecule has 0 aromatic carbocycles. The molecule has 3 heterocycles. The van der Waals surface area contributed by atoms with Gasteiger partial charge in [-0.25, -0.2) is 19.5 Å². The van der Waals surface area contributed by atoms with Gasteiger partial charge in [0.1, 0.15) is 18.7 Å². The van der Waals surface area contributed by atoms with Crippen LogP contribution in [0.4, 0.5) is 5.82 Å². The van der Waals surface area contributed by atoms with Gasteiger partial charge in [0.05, 0.1) is 19.0 Å². The number of nitrogens with two attached hydrogens (primary N) is 1. The van der Waals surface area contributed by atoms with E-state index in [0.29, 0.717) is 23.5 Å². The Morgan fingerprint density at radius 1 is 1.28 bits per heavy atom. The van der Waals surface area contributed by atoms with Crippen molar-refractivity contribution < 1.29 is 28.7 Å². The highest BCUT2D eigenvalue weighted by Gasteiger charge is 2.37. The fourth-order valence-electron chi connectivity index (χ4n) is 3.23. The van der Waals surface area contributed by atoms with Crippen molar-refractivity contribution in [1.29, 1.82) is 0 Å². The number of imidazole rings is 1. The number of rotatable bonds is 11. The van der Waals surface area contributed by atoms with Gasteiger partial charge in [0, 0.05) is 13.0 Å². The van der Waals surface area contributed by atoms with Crippen molar-refractivity contribution >= 4 is 24.8 Å². The Morgan fingerprint density at radius 2 is 2.07 bits per heavy atom. The second-order valence-corrected chi connectivity index (χ2v) is 8.13. The zero-order valence-electron chi connectivity index (χ0n) is 15.9. The standard InChI is InChI=1S/C16H27N6O6P/c17-5-3-1-2-4-6-18-15-14-16(20-9-19-15)22(10-21-14)13-7-11(23)12(28-13)8-27-29(24,25)26/h9-13,23H,1-8,17H2,(H,18,19,20)(H2,24,25,26)/t11-,12+,13+/m0/s1. The monoisotopic (exact) mass is 430 g/mol. The molecule has 0 saturated carbocycles. The summed E-state index contributed by atoms with van der Waals surface area (Å²) in [4.78, 5) is 30.5. The summed E-state index contributed by atoms with van der Waals surface area (Å²) in [6.07, 6.45) is 5.01. The SMILES string of the molecule is NCCCCCCNc1ncnc2c1ncn2[C@H]1C[C@H](O)[C@@H](COP(=O)(O)O)O1. The number of hydrogen-bond acceptors (Lipinski definition) is 9. The van der Waals surface area contributed by atoms with E-state index in [1.807, 2.05) is 0 Å². The van der Waals surface area contributed by atoms with E-state index in [0.717, 1.165) is 32.2 Å². The highest BCUT2D eigenvalue weighted by molar-refractivity contribution is 7.46. The van der Waals surface area contributed by atoms with Gasteiger partial charge in [-0.05, 0) is 19.4 Å². The van der Waals surface area contributed by atoms with E-state index in [1.165, 1.54) is 6.33 Å². The van der Waals surface area contributed by atoms with E-state index in [9.17, 15) is 9.67 Å². The third kappa shape index (κ3) is 5.92. The van der Waals surface area contributed by atoms with Crippen molar-refractivity contribution in [2.45, 2.75) is 50.5 Å². The Balaban J connectivity index is 1.63. The molecule has 29 heavy (non-hydrogen) atoms. The highest BCUT2D eigenvalue weighted by Crippen LogP contribution is 2.38. The van der Waals surface area contributed by atoms with Gasteiger partial charge in [-0.2, -0.15) is 0 Å². The van der Waals surface area contributed by atoms with Crippen LogP contribution in [0.1, 0.15) is 38.3 Å². The van der Waals surface area contributed by atoms with Crippen molar-refractivity contribution in [3.05, 3.63) is 12.7 Å². The minimum atomic E-state index is -4.64. The predicted octanol–water partition coefficient (Wildman–Crippen LogP) is 0.515. The Hall–Kier alpha value is -1.66. The van der Waals surface area contributed by atoms with Crippen LogP contribution in [-0.2, 0) is 13.8 Å². The summed E-state index contributed by atoms with van der Waals surface area (Å²) in [6, 6.07) is 0. The van der Waals surface area contributed by atoms with Crippen molar-refractivity contribution in [3.8, 4) is 0 Å². The molecule has 1 aliphatic heterocycles. The molecular formula is C16H27N6O6P. The molecule has 0 unspecified atom stereocenters. The molecule has 2 aromatic heterocycles. The summed E-state index contributed by atoms with van der Waals surface area (Å²) in [5.74, 6) is 0.618. The fourth-order valence-corrected chi connectivity index (χ4v) is 3.57. The molecule has 0 aliphatic carbocycles. The van der Waals surface area contributed by atoms with Crippen LogP contribution in [0.3, 0.4) is 0 Å². The second-order valence-electron chi connectivity index (χ2n) is 6.89. The van der Waals surface area contributed by atoms with Crippen LogP contribution >= 0.6 is 7.82 Å². The molecule has 0 spiro atoms. The summed E-state index contributed by atoms with van der Waals surface area (Å²) in [5.41, 5.74) is 6.62. The van der Waals surface area contributed by atoms with Gasteiger partial charge in [-0.1, -0.05) is 12.8 Å². The van der Waals surface area contributed by atoms with Crippen LogP contribution in [-0.4, -0.2) is 66.3 Å². The van der Waals surface area contributed by atoms with E-state index in [1.54, 1.807) is 10.9 Å². The van der Waals surface area contributed by atoms with Gasteiger partial charge < -0.3 is 30.7 Å². The molecule has 6 N–H and O–H groups in total. The highest BCUT2D eigenvalue weighted by atomic mass is 31.2. The van der Waals surface area contributed by atoms with Crippen LogP contribution in [0, 0.1) is 0 Å². The number of unbranched alkanes of at least 4 members (excludes halogenated alkanes) is 3. The second kappa shape index (κ2) is 9.90. The molecule has 0 amide bonds. The summed E-state index contributed by atoms with van der Waals surface area (Å²) in [7, 11) is -4.64. The van der Waals surface area contributed by atoms with Gasteiger partial charge in [-0.15, -0.1) is 0 Å². The fraction of sp³-hybridized carbons (Fsp3) is 0.688. The summed E-state index contributed by atoms with van der Waals surface area (Å²) in [5, 5.41) is 13.4. The largest absolute Gasteiger partial charge is 0.469 e. The number of nitrogens with one attached hydrogen (secondary N) is 1. The van der Waals surface area contributed by atoms with Crippen LogP contribution in [0.15, 0.2) is 12.7 Å². The first-order valence-electron chi connectivity index (χ1n) is 9.54. The van der Waals surface area contributed by atoms with Gasteiger partial charge in [0.15, 0.2) is 17.0 Å². The lowest BCUT2D eigenvalue weighted by atomic mass is 10.2. The Morgan fingerprint density at radius 3 is 2.83 bits per heavy atom. The van der Waals surface area contributed by atoms with Crippen LogP contribution < -0.4 is 11.1 Å². The lowest BCUT2D eigenvalue weighted by Gasteiger charge is -2.16. The Kier molecular flexibility index (Phi) is 7.52. The summed E-state index contributed by atoms with van der Waals surface area (Å²) in [6.45, 7) is 1.05. The molecule has 12 nitrogen and oxygen atoms in total. The molecule has 1 saturated heterocycles. The van der Waals surface area contributed by atoms with Gasteiger partial charge in [0.25, 0.3) is 0 Å². The van der Waals surface area contributed by atoms with E-state index >= 15 is 0 Å². The molecule has 0 radical (unpaired) electrons. The zero-order valence-corrected chi connectivity index (χ0v) is 16.8. The minimum Gasteiger partial charge on any atom is -0.390 e. The van der Waals surface area contributed by atoms with E-state index in [4.69, 9.17) is 20.3 Å². The van der Waals surface area contributed by atoms with E-state index in [-0.39, 0.29) is 6.42 Å². The maximum Gasteiger partial charge on any atom is 0.469 e. The number of nitrogens with zero attached hydrogens (tertiary/aromatic N) is 4. The number of aliphatic hydroxyl groups is 1. The normalized spacial score (nSPS) is 22.4. The topological polar surface area (TPSA) is 178 Å². The molecule has 3 atom stereocenters. The molecular weight excluding hydrogens is 403 g/mol. The van der Waals surface area contributed by atoms with Crippen molar-refractivity contribution in [2.24, 2.45) is 5.73 Å². The first-order chi connectivity index (χ1) is 13.9. The summed E-state index contributed by atoms with van der Waals surface area (Å²) >= 11 is 0. The first kappa shape index (κ1) is 22.0. The maximum atomic E-state index is 10.9. The maximum absolute atomic E-state index is 10.9. The average Bonchev–Trinajstić information content (AvgIpc) is 3.26. The number of aliphatic hydroxyl groups excluding tert-OH is 1. The van der Waals surface area contributed by atoms with Crippen LogP contribution in [0.5, 0.6) is 0 Å². The average molecular weight is 430 g/mol. The van der Waals surface area contributed by atoms with Crippen molar-refractivity contribution in [1.82, 2.24) is 19.5 Å². The quantitative estimate of drug-likeness (QED) is 0.248. The van der Waals surface area contributed by atoms with Gasteiger partial charge >= 0.3 is 7.82 Å². The Labute approximate surface area is 167 Å². The number of hydrogen-bond donors (Lipinski definition) is 5. The third-order valence-corrected chi connectivity index (χ3v) is 5.19. The lowest BCUT2D eigenvalue weighted by Crippen LogP contribution is -2.25. The predicted molar refractivity (Wildman–Crippen MR) is 104 cm³/mol. The molecule has 0 bridgehead atoms. The molecule has 2 aromatic rings. The van der Waals surface area contributed by atoms with Crippen LogP contribution in [0.2, 0.25) is 0 Å². The molecule has 1 fully saturated rings. The zero-order chi connectivity index (χ0) is 20.9. The van der Waals surface area contributed by atoms with Gasteiger partial charge in [-0.3, -0.25) is 9.09 Å². The third-order valence-electron chi connectivity index (χ3n) is 4.70. The Bertz CT molecular complexity index is 844. The van der Waals surface area contributed by atoms with Crippen molar-refractivity contribution in [3.63, 3.8) is 0 Å². The smallest absolute Gasteiger partial charge is 0.390 e. The number of anilines is 1. The number of phosphoric ester groups is 1. The summed E-state index contributed by atoms with van der Waals surface area (Å²) < 4.78 is 22.7. The van der Waals surface area contributed by atoms with Crippen molar-refractivity contribution in [2.75, 3.05) is 25.0 Å². The van der Waals surface area contributed by atoms with E-state index in [2.05, 4.69) is 24.8 Å². The molecule has 1 aliphatic rings. The number of aromatic nitrogens is 4. The van der Waals surface area contributed by atoms with Gasteiger partial charge in [0.2, 0.25) is 0 Å². The molecule has 3 rings (SSSR count). The minimum absolute atomic E-state index is 0.217. The van der Waals surface area contributed by atoms with Crippen LogP contribution in [0.25, 0.3) is 11.2 Å². The first-order valence-corrected chi connectivity index (χ1v) is 11.1. The molecule has 162 valence electrons. The number of fused-ring (bicyclic) bond motifs is 1. The molecule has 13 heteroatoms. The van der Waals surface area contributed by atoms with E-state index < -0.39 is 32.9 Å². The number of phosphoric acid groups is 1. The lowest BCUT2D eigenvalue weighted by molar-refractivity contribution is -0.0424.